The molecule has 0 N–H and O–H groups in total. The zero-order valence-electron chi connectivity index (χ0n) is 15.0. The summed E-state index contributed by atoms with van der Waals surface area (Å²) in [5.74, 6) is -0.342. The first-order valence-electron chi connectivity index (χ1n) is 8.70. The number of hydrogen-bond acceptors (Lipinski definition) is 4. The van der Waals surface area contributed by atoms with Crippen LogP contribution in [0.1, 0.15) is 39.6 Å². The van der Waals surface area contributed by atoms with E-state index >= 15 is 0 Å². The molecule has 3 heterocycles. The van der Waals surface area contributed by atoms with Gasteiger partial charge in [-0.1, -0.05) is 23.7 Å². The summed E-state index contributed by atoms with van der Waals surface area (Å²) in [4.78, 5) is 28.7. The number of carbonyl (C=O) groups is 1. The molecule has 1 aliphatic rings. The number of nitrogens with zero attached hydrogens (tertiary/aromatic N) is 3. The largest absolute Gasteiger partial charge is 0.330 e. The van der Waals surface area contributed by atoms with Crippen LogP contribution in [0.3, 0.4) is 0 Å². The Morgan fingerprint density at radius 3 is 2.85 bits per heavy atom. The van der Waals surface area contributed by atoms with Crippen LogP contribution in [0.25, 0.3) is 5.69 Å². The number of rotatable bonds is 2. The fraction of sp³-hybridized carbons (Fsp3) is 0.250. The first-order valence-corrected chi connectivity index (χ1v) is 9.96. The second kappa shape index (κ2) is 6.94. The van der Waals surface area contributed by atoms with E-state index in [0.717, 1.165) is 12.0 Å². The van der Waals surface area contributed by atoms with Gasteiger partial charge in [-0.05, 0) is 49.4 Å². The van der Waals surface area contributed by atoms with E-state index in [-0.39, 0.29) is 23.1 Å². The zero-order valence-corrected chi connectivity index (χ0v) is 16.5. The summed E-state index contributed by atoms with van der Waals surface area (Å²) in [5.41, 5.74) is 1.96. The first-order chi connectivity index (χ1) is 13.0. The third kappa shape index (κ3) is 3.09. The molecule has 0 saturated carbocycles. The molecule has 0 fully saturated rings. The molecule has 0 aliphatic carbocycles. The zero-order chi connectivity index (χ0) is 19.1. The Kier molecular flexibility index (Phi) is 4.61. The van der Waals surface area contributed by atoms with Crippen molar-refractivity contribution in [1.82, 2.24) is 14.7 Å². The summed E-state index contributed by atoms with van der Waals surface area (Å²) in [5, 5.41) is 6.94. The minimum Gasteiger partial charge on any atom is -0.330 e. The van der Waals surface area contributed by atoms with Gasteiger partial charge in [-0.25, -0.2) is 4.68 Å². The van der Waals surface area contributed by atoms with E-state index < -0.39 is 0 Å². The lowest BCUT2D eigenvalue weighted by Gasteiger charge is -2.33. The molecule has 7 heteroatoms. The summed E-state index contributed by atoms with van der Waals surface area (Å²) in [6.45, 7) is 4.34. The lowest BCUT2D eigenvalue weighted by molar-refractivity contribution is 0.0669. The second-order valence-corrected chi connectivity index (χ2v) is 7.99. The highest BCUT2D eigenvalue weighted by Crippen LogP contribution is 2.33. The Bertz CT molecular complexity index is 1090. The van der Waals surface area contributed by atoms with E-state index in [1.54, 1.807) is 33.9 Å². The normalized spacial score (nSPS) is 16.3. The third-order valence-corrected chi connectivity index (χ3v) is 6.24. The van der Waals surface area contributed by atoms with E-state index in [0.29, 0.717) is 22.9 Å². The fourth-order valence-corrected chi connectivity index (χ4v) is 4.66. The first kappa shape index (κ1) is 17.9. The second-order valence-electron chi connectivity index (χ2n) is 6.59. The van der Waals surface area contributed by atoms with E-state index in [1.807, 2.05) is 30.5 Å². The van der Waals surface area contributed by atoms with Gasteiger partial charge in [0.25, 0.3) is 5.91 Å². The monoisotopic (exact) mass is 399 g/mol. The number of amides is 1. The number of aromatic nitrogens is 2. The van der Waals surface area contributed by atoms with Crippen LogP contribution in [-0.2, 0) is 6.42 Å². The van der Waals surface area contributed by atoms with Crippen molar-refractivity contribution in [2.75, 3.05) is 6.54 Å². The van der Waals surface area contributed by atoms with E-state index in [9.17, 15) is 9.59 Å². The SMILES string of the molecule is Cc1cc(=O)c(C(=O)N2CCc3sccc3[C@@H]2C)nn1-c1ccccc1Cl. The quantitative estimate of drug-likeness (QED) is 0.654. The summed E-state index contributed by atoms with van der Waals surface area (Å²) in [6.07, 6.45) is 0.799. The van der Waals surface area contributed by atoms with Crippen LogP contribution in [0.15, 0.2) is 46.6 Å². The summed E-state index contributed by atoms with van der Waals surface area (Å²) >= 11 is 8.00. The maximum atomic E-state index is 13.2. The molecule has 3 aromatic rings. The molecule has 1 aliphatic heterocycles. The van der Waals surface area contributed by atoms with Crippen molar-refractivity contribution >= 4 is 28.8 Å². The highest BCUT2D eigenvalue weighted by molar-refractivity contribution is 7.10. The molecule has 4 rings (SSSR count). The van der Waals surface area contributed by atoms with Gasteiger partial charge >= 0.3 is 0 Å². The average molecular weight is 400 g/mol. The highest BCUT2D eigenvalue weighted by atomic mass is 35.5. The van der Waals surface area contributed by atoms with Gasteiger partial charge in [0.2, 0.25) is 5.43 Å². The van der Waals surface area contributed by atoms with Crippen LogP contribution >= 0.6 is 22.9 Å². The van der Waals surface area contributed by atoms with Crippen LogP contribution in [0.5, 0.6) is 0 Å². The van der Waals surface area contributed by atoms with Gasteiger partial charge in [0.1, 0.15) is 0 Å². The molecule has 2 aromatic heterocycles. The van der Waals surface area contributed by atoms with Crippen molar-refractivity contribution in [2.45, 2.75) is 26.3 Å². The van der Waals surface area contributed by atoms with Gasteiger partial charge in [0, 0.05) is 23.2 Å². The standard InChI is InChI=1S/C20H18ClN3O2S/c1-12-11-17(25)19(22-24(12)16-6-4-3-5-15(16)21)20(26)23-9-7-18-14(13(23)2)8-10-27-18/h3-6,8,10-11,13H,7,9H2,1-2H3/t13-/m0/s1. The lowest BCUT2D eigenvalue weighted by atomic mass is 10.0. The van der Waals surface area contributed by atoms with Crippen LogP contribution in [-0.4, -0.2) is 27.1 Å². The predicted octanol–water partition coefficient (Wildman–Crippen LogP) is 4.02. The lowest BCUT2D eigenvalue weighted by Crippen LogP contribution is -2.41. The minimum absolute atomic E-state index is 0.0777. The number of para-hydroxylation sites is 1. The molecular formula is C20H18ClN3O2S. The maximum absolute atomic E-state index is 13.2. The molecule has 1 aromatic carbocycles. The van der Waals surface area contributed by atoms with Crippen LogP contribution in [0.2, 0.25) is 5.02 Å². The van der Waals surface area contributed by atoms with Gasteiger partial charge in [-0.2, -0.15) is 5.10 Å². The van der Waals surface area contributed by atoms with Gasteiger partial charge in [0.15, 0.2) is 5.69 Å². The Hall–Kier alpha value is -2.44. The number of benzene rings is 1. The number of halogens is 1. The summed E-state index contributed by atoms with van der Waals surface area (Å²) in [6, 6.07) is 10.6. The molecule has 27 heavy (non-hydrogen) atoms. The summed E-state index contributed by atoms with van der Waals surface area (Å²) in [7, 11) is 0. The predicted molar refractivity (Wildman–Crippen MR) is 107 cm³/mol. The van der Waals surface area contributed by atoms with Gasteiger partial charge in [-0.15, -0.1) is 11.3 Å². The fourth-order valence-electron chi connectivity index (χ4n) is 3.49. The van der Waals surface area contributed by atoms with Gasteiger partial charge in [0.05, 0.1) is 16.8 Å². The van der Waals surface area contributed by atoms with Gasteiger partial charge < -0.3 is 4.90 Å². The molecule has 0 radical (unpaired) electrons. The molecule has 0 unspecified atom stereocenters. The molecular weight excluding hydrogens is 382 g/mol. The smallest absolute Gasteiger partial charge is 0.278 e. The van der Waals surface area contributed by atoms with Crippen molar-refractivity contribution in [3.8, 4) is 5.69 Å². The molecule has 1 atom stereocenters. The Morgan fingerprint density at radius 2 is 2.07 bits per heavy atom. The van der Waals surface area contributed by atoms with E-state index in [1.165, 1.54) is 10.9 Å². The minimum atomic E-state index is -0.371. The van der Waals surface area contributed by atoms with Crippen LogP contribution in [0, 0.1) is 6.92 Å². The highest BCUT2D eigenvalue weighted by Gasteiger charge is 2.31. The van der Waals surface area contributed by atoms with Gasteiger partial charge in [-0.3, -0.25) is 9.59 Å². The molecule has 0 spiro atoms. The Morgan fingerprint density at radius 1 is 1.30 bits per heavy atom. The number of hydrogen-bond donors (Lipinski definition) is 0. The molecule has 5 nitrogen and oxygen atoms in total. The summed E-state index contributed by atoms with van der Waals surface area (Å²) < 4.78 is 1.56. The van der Waals surface area contributed by atoms with E-state index in [2.05, 4.69) is 11.2 Å². The Labute approximate surface area is 165 Å². The topological polar surface area (TPSA) is 55.2 Å². The maximum Gasteiger partial charge on any atom is 0.278 e. The number of aryl methyl sites for hydroxylation is 1. The molecule has 0 saturated heterocycles. The Balaban J connectivity index is 1.76. The van der Waals surface area contributed by atoms with Crippen molar-refractivity contribution < 1.29 is 4.79 Å². The van der Waals surface area contributed by atoms with Crippen LogP contribution in [0.4, 0.5) is 0 Å². The molecule has 1 amide bonds. The molecule has 138 valence electrons. The van der Waals surface area contributed by atoms with Crippen molar-refractivity contribution in [3.63, 3.8) is 0 Å². The molecule has 0 bridgehead atoms. The average Bonchev–Trinajstić information content (AvgIpc) is 3.12. The van der Waals surface area contributed by atoms with Crippen molar-refractivity contribution in [1.29, 1.82) is 0 Å². The third-order valence-electron chi connectivity index (χ3n) is 4.93. The van der Waals surface area contributed by atoms with E-state index in [4.69, 9.17) is 11.6 Å². The number of carbonyl (C=O) groups excluding carboxylic acids is 1. The number of thiophene rings is 1. The van der Waals surface area contributed by atoms with Crippen molar-refractivity contribution in [2.24, 2.45) is 0 Å². The van der Waals surface area contributed by atoms with Crippen molar-refractivity contribution in [3.05, 3.63) is 78.9 Å². The number of fused-ring (bicyclic) bond motifs is 1. The van der Waals surface area contributed by atoms with Crippen LogP contribution < -0.4 is 5.43 Å².